The summed E-state index contributed by atoms with van der Waals surface area (Å²) in [6.07, 6.45) is 2.09. The van der Waals surface area contributed by atoms with Gasteiger partial charge in [-0.1, -0.05) is 42.5 Å². The Morgan fingerprint density at radius 1 is 1.24 bits per heavy atom. The fourth-order valence-electron chi connectivity index (χ4n) is 4.13. The van der Waals surface area contributed by atoms with E-state index in [1.165, 1.54) is 10.8 Å². The molecule has 1 saturated heterocycles. The predicted molar refractivity (Wildman–Crippen MR) is 97.4 cm³/mol. The first-order valence-electron chi connectivity index (χ1n) is 9.08. The van der Waals surface area contributed by atoms with Crippen LogP contribution in [0.3, 0.4) is 0 Å². The fraction of sp³-hybridized carbons (Fsp3) is 0.476. The molecular formula is C21H25NO3. The summed E-state index contributed by atoms with van der Waals surface area (Å²) in [6.45, 7) is 1.62. The first-order valence-corrected chi connectivity index (χ1v) is 9.08. The summed E-state index contributed by atoms with van der Waals surface area (Å²) in [7, 11) is 1.65. The van der Waals surface area contributed by atoms with E-state index in [0.29, 0.717) is 19.7 Å². The van der Waals surface area contributed by atoms with E-state index in [0.717, 1.165) is 24.8 Å². The maximum absolute atomic E-state index is 12.8. The highest BCUT2D eigenvalue weighted by Gasteiger charge is 2.52. The van der Waals surface area contributed by atoms with Crippen molar-refractivity contribution in [2.45, 2.75) is 31.3 Å². The summed E-state index contributed by atoms with van der Waals surface area (Å²) in [5.74, 6) is 0.247. The normalized spacial score (nSPS) is 25.1. The Labute approximate surface area is 148 Å². The number of aliphatic hydroxyl groups is 1. The molecule has 4 rings (SSSR count). The second kappa shape index (κ2) is 6.43. The predicted octanol–water partition coefficient (Wildman–Crippen LogP) is 2.94. The van der Waals surface area contributed by atoms with Crippen LogP contribution >= 0.6 is 0 Å². The molecule has 1 aliphatic carbocycles. The lowest BCUT2D eigenvalue weighted by molar-refractivity contribution is -0.142. The van der Waals surface area contributed by atoms with Gasteiger partial charge in [0, 0.05) is 26.1 Å². The number of benzene rings is 2. The Balaban J connectivity index is 1.48. The summed E-state index contributed by atoms with van der Waals surface area (Å²) >= 11 is 0. The molecule has 0 aromatic heterocycles. The van der Waals surface area contributed by atoms with Crippen LogP contribution in [0.25, 0.3) is 10.8 Å². The number of hydrogen-bond acceptors (Lipinski definition) is 3. The van der Waals surface area contributed by atoms with E-state index < -0.39 is 6.10 Å². The number of carbonyl (C=O) groups is 1. The van der Waals surface area contributed by atoms with E-state index in [1.807, 2.05) is 17.0 Å². The molecule has 0 bridgehead atoms. The van der Waals surface area contributed by atoms with Gasteiger partial charge in [-0.25, -0.2) is 0 Å². The van der Waals surface area contributed by atoms with Crippen molar-refractivity contribution in [3.63, 3.8) is 0 Å². The molecule has 2 fully saturated rings. The van der Waals surface area contributed by atoms with Gasteiger partial charge in [0.25, 0.3) is 0 Å². The number of amides is 1. The number of likely N-dealkylation sites (tertiary alicyclic amines) is 1. The molecular weight excluding hydrogens is 314 g/mol. The molecule has 0 spiro atoms. The maximum Gasteiger partial charge on any atom is 0.231 e. The average molecular weight is 339 g/mol. The Bertz CT molecular complexity index is 784. The fourth-order valence-corrected chi connectivity index (χ4v) is 4.13. The third-order valence-electron chi connectivity index (χ3n) is 5.80. The van der Waals surface area contributed by atoms with Gasteiger partial charge in [0.05, 0.1) is 18.1 Å². The van der Waals surface area contributed by atoms with E-state index in [1.54, 1.807) is 7.11 Å². The van der Waals surface area contributed by atoms with E-state index in [2.05, 4.69) is 30.3 Å². The van der Waals surface area contributed by atoms with Crippen LogP contribution in [0.5, 0.6) is 0 Å². The van der Waals surface area contributed by atoms with Crippen LogP contribution in [0, 0.1) is 5.41 Å². The zero-order valence-electron chi connectivity index (χ0n) is 14.6. The second-order valence-corrected chi connectivity index (χ2v) is 7.53. The molecule has 4 nitrogen and oxygen atoms in total. The number of aliphatic hydroxyl groups excluding tert-OH is 1. The Morgan fingerprint density at radius 3 is 2.68 bits per heavy atom. The van der Waals surface area contributed by atoms with Crippen molar-refractivity contribution in [2.75, 3.05) is 26.8 Å². The number of carbonyl (C=O) groups excluding carboxylic acids is 1. The Morgan fingerprint density at radius 2 is 2.00 bits per heavy atom. The number of rotatable bonds is 4. The standard InChI is InChI=1S/C21H25NO3/c1-25-14-21(9-10-21)20(24)22-11-8-18(19(23)13-22)17-7-6-15-4-2-3-5-16(15)12-17/h2-7,12,18-19,23H,8-11,13-14H2,1H3/t18-,19+/m0/s1. The number of hydrogen-bond donors (Lipinski definition) is 1. The topological polar surface area (TPSA) is 49.8 Å². The molecule has 0 unspecified atom stereocenters. The van der Waals surface area contributed by atoms with Crippen LogP contribution in [0.15, 0.2) is 42.5 Å². The lowest BCUT2D eigenvalue weighted by atomic mass is 9.85. The molecule has 2 aromatic rings. The van der Waals surface area contributed by atoms with Gasteiger partial charge in [-0.2, -0.15) is 0 Å². The highest BCUT2D eigenvalue weighted by atomic mass is 16.5. The highest BCUT2D eigenvalue weighted by Crippen LogP contribution is 2.48. The summed E-state index contributed by atoms with van der Waals surface area (Å²) in [6, 6.07) is 14.7. The number of nitrogens with zero attached hydrogens (tertiary/aromatic N) is 1. The van der Waals surface area contributed by atoms with Crippen molar-refractivity contribution in [1.29, 1.82) is 0 Å². The largest absolute Gasteiger partial charge is 0.391 e. The van der Waals surface area contributed by atoms with Crippen molar-refractivity contribution in [3.05, 3.63) is 48.0 Å². The molecule has 0 radical (unpaired) electrons. The summed E-state index contributed by atoms with van der Waals surface area (Å²) in [5, 5.41) is 13.1. The minimum Gasteiger partial charge on any atom is -0.391 e. The zero-order chi connectivity index (χ0) is 17.4. The molecule has 4 heteroatoms. The van der Waals surface area contributed by atoms with Crippen LogP contribution in [0.4, 0.5) is 0 Å². The van der Waals surface area contributed by atoms with Crippen LogP contribution in [-0.4, -0.2) is 48.8 Å². The van der Waals surface area contributed by atoms with Gasteiger partial charge in [-0.05, 0) is 35.6 Å². The minimum absolute atomic E-state index is 0.0891. The molecule has 1 saturated carbocycles. The van der Waals surface area contributed by atoms with Crippen molar-refractivity contribution >= 4 is 16.7 Å². The number of β-amino-alcohol motifs (C(OH)–C–C–N with tert-alkyl or cyclic N) is 1. The molecule has 1 amide bonds. The Kier molecular flexibility index (Phi) is 4.26. The average Bonchev–Trinajstić information content (AvgIpc) is 3.42. The molecule has 1 aliphatic heterocycles. The van der Waals surface area contributed by atoms with Crippen LogP contribution in [0.1, 0.15) is 30.7 Å². The lowest BCUT2D eigenvalue weighted by Crippen LogP contribution is -2.49. The van der Waals surface area contributed by atoms with Crippen LogP contribution in [-0.2, 0) is 9.53 Å². The molecule has 1 heterocycles. The van der Waals surface area contributed by atoms with Gasteiger partial charge in [0.15, 0.2) is 0 Å². The van der Waals surface area contributed by atoms with Crippen molar-refractivity contribution < 1.29 is 14.6 Å². The quantitative estimate of drug-likeness (QED) is 0.932. The summed E-state index contributed by atoms with van der Waals surface area (Å²) < 4.78 is 5.23. The first kappa shape index (κ1) is 16.6. The first-order chi connectivity index (χ1) is 12.1. The minimum atomic E-state index is -0.516. The molecule has 2 aromatic carbocycles. The van der Waals surface area contributed by atoms with Gasteiger partial charge in [-0.15, -0.1) is 0 Å². The van der Waals surface area contributed by atoms with Crippen molar-refractivity contribution in [1.82, 2.24) is 4.90 Å². The zero-order valence-corrected chi connectivity index (χ0v) is 14.6. The van der Waals surface area contributed by atoms with E-state index in [9.17, 15) is 9.90 Å². The van der Waals surface area contributed by atoms with E-state index >= 15 is 0 Å². The van der Waals surface area contributed by atoms with Crippen molar-refractivity contribution in [3.8, 4) is 0 Å². The van der Waals surface area contributed by atoms with Gasteiger partial charge in [0.2, 0.25) is 5.91 Å². The van der Waals surface area contributed by atoms with Gasteiger partial charge in [-0.3, -0.25) is 4.79 Å². The van der Waals surface area contributed by atoms with Crippen molar-refractivity contribution in [2.24, 2.45) is 5.41 Å². The van der Waals surface area contributed by atoms with E-state index in [4.69, 9.17) is 4.74 Å². The monoisotopic (exact) mass is 339 g/mol. The third-order valence-corrected chi connectivity index (χ3v) is 5.80. The SMILES string of the molecule is COCC1(C(=O)N2CC[C@@H](c3ccc4ccccc4c3)[C@H](O)C2)CC1. The number of ether oxygens (including phenoxy) is 1. The van der Waals surface area contributed by atoms with Gasteiger partial charge >= 0.3 is 0 Å². The summed E-state index contributed by atoms with van der Waals surface area (Å²) in [5.41, 5.74) is 0.848. The number of piperidine rings is 1. The Hall–Kier alpha value is -1.91. The number of fused-ring (bicyclic) bond motifs is 1. The lowest BCUT2D eigenvalue weighted by Gasteiger charge is -2.38. The molecule has 132 valence electrons. The van der Waals surface area contributed by atoms with Crippen LogP contribution in [0.2, 0.25) is 0 Å². The van der Waals surface area contributed by atoms with E-state index in [-0.39, 0.29) is 17.2 Å². The molecule has 2 aliphatic rings. The summed E-state index contributed by atoms with van der Waals surface area (Å²) in [4.78, 5) is 14.6. The molecule has 25 heavy (non-hydrogen) atoms. The van der Waals surface area contributed by atoms with Gasteiger partial charge in [0.1, 0.15) is 0 Å². The maximum atomic E-state index is 12.8. The molecule has 1 N–H and O–H groups in total. The van der Waals surface area contributed by atoms with Gasteiger partial charge < -0.3 is 14.7 Å². The molecule has 2 atom stereocenters. The highest BCUT2D eigenvalue weighted by molar-refractivity contribution is 5.86. The second-order valence-electron chi connectivity index (χ2n) is 7.53. The van der Waals surface area contributed by atoms with Crippen LogP contribution < -0.4 is 0 Å². The number of methoxy groups -OCH3 is 1. The smallest absolute Gasteiger partial charge is 0.231 e. The third kappa shape index (κ3) is 3.05.